The highest BCUT2D eigenvalue weighted by Crippen LogP contribution is 2.27. The summed E-state index contributed by atoms with van der Waals surface area (Å²) in [7, 11) is 1.66. The number of allylic oxidation sites excluding steroid dienone is 1. The van der Waals surface area contributed by atoms with Crippen LogP contribution in [-0.4, -0.2) is 60.1 Å². The van der Waals surface area contributed by atoms with Gasteiger partial charge in [0.2, 0.25) is 5.91 Å². The second-order valence-corrected chi connectivity index (χ2v) is 6.40. The molecule has 2 heterocycles. The number of alkyl halides is 2. The summed E-state index contributed by atoms with van der Waals surface area (Å²) in [5.41, 5.74) is 1.20. The van der Waals surface area contributed by atoms with Crippen LogP contribution in [0.1, 0.15) is 12.5 Å². The first kappa shape index (κ1) is 21.3. The lowest BCUT2D eigenvalue weighted by Crippen LogP contribution is -2.48. The van der Waals surface area contributed by atoms with Gasteiger partial charge in [-0.15, -0.1) is 0 Å². The van der Waals surface area contributed by atoms with Crippen LogP contribution in [0.2, 0.25) is 0 Å². The Bertz CT molecular complexity index is 773. The smallest absolute Gasteiger partial charge is 0.272 e. The number of hydrogen-bond donors (Lipinski definition) is 1. The first-order valence-corrected chi connectivity index (χ1v) is 8.85. The third-order valence-corrected chi connectivity index (χ3v) is 4.35. The van der Waals surface area contributed by atoms with Crippen molar-refractivity contribution in [3.05, 3.63) is 60.6 Å². The van der Waals surface area contributed by atoms with E-state index in [0.29, 0.717) is 37.7 Å². The molecule has 1 aliphatic heterocycles. The molecule has 1 aromatic rings. The summed E-state index contributed by atoms with van der Waals surface area (Å²) in [6.07, 6.45) is 5.92. The van der Waals surface area contributed by atoms with Crippen molar-refractivity contribution in [3.8, 4) is 0 Å². The van der Waals surface area contributed by atoms with Crippen molar-refractivity contribution in [3.63, 3.8) is 0 Å². The lowest BCUT2D eigenvalue weighted by atomic mass is 10.2. The van der Waals surface area contributed by atoms with Crippen molar-refractivity contribution >= 4 is 17.9 Å². The molecule has 1 saturated heterocycles. The molecule has 1 N–H and O–H groups in total. The van der Waals surface area contributed by atoms with Crippen LogP contribution < -0.4 is 5.32 Å². The van der Waals surface area contributed by atoms with E-state index < -0.39 is 5.92 Å². The number of anilines is 1. The summed E-state index contributed by atoms with van der Waals surface area (Å²) in [6.45, 7) is 10.8. The Kier molecular flexibility index (Phi) is 7.03. The van der Waals surface area contributed by atoms with E-state index in [4.69, 9.17) is 0 Å². The van der Waals surface area contributed by atoms with Gasteiger partial charge in [0.1, 0.15) is 5.82 Å². The number of piperazine rings is 1. The summed E-state index contributed by atoms with van der Waals surface area (Å²) in [4.78, 5) is 23.6. The molecule has 0 atom stereocenters. The second kappa shape index (κ2) is 9.25. The molecule has 0 unspecified atom stereocenters. The summed E-state index contributed by atoms with van der Waals surface area (Å²) in [6, 6.07) is 2.82. The van der Waals surface area contributed by atoms with Crippen molar-refractivity contribution in [2.45, 2.75) is 12.8 Å². The largest absolute Gasteiger partial charge is 0.366 e. The van der Waals surface area contributed by atoms with Gasteiger partial charge in [0.25, 0.3) is 5.92 Å². The van der Waals surface area contributed by atoms with Crippen molar-refractivity contribution in [1.29, 1.82) is 0 Å². The standard InChI is InChI=1S/C20H25F2N5O/c1-5-19(28)27-12-10-26(11-13-27)17(8-9-23-4)15(2)25-18-7-6-16(14-24-18)20(3,21)22/h5-9,14H,1-2,10-13H2,3-4H3,(H,24,25)/b17-8+,23-9?. The number of pyridine rings is 1. The number of carbonyl (C=O) groups is 1. The predicted molar refractivity (Wildman–Crippen MR) is 107 cm³/mol. The van der Waals surface area contributed by atoms with Crippen molar-refractivity contribution < 1.29 is 13.6 Å². The van der Waals surface area contributed by atoms with E-state index in [9.17, 15) is 13.6 Å². The van der Waals surface area contributed by atoms with Crippen LogP contribution in [0.4, 0.5) is 14.6 Å². The molecule has 150 valence electrons. The van der Waals surface area contributed by atoms with Crippen LogP contribution in [-0.2, 0) is 10.7 Å². The molecule has 8 heteroatoms. The normalized spacial score (nSPS) is 15.6. The highest BCUT2D eigenvalue weighted by Gasteiger charge is 2.25. The van der Waals surface area contributed by atoms with Crippen LogP contribution in [0.25, 0.3) is 0 Å². The van der Waals surface area contributed by atoms with E-state index in [2.05, 4.69) is 33.4 Å². The lowest BCUT2D eigenvalue weighted by Gasteiger charge is -2.37. The summed E-state index contributed by atoms with van der Waals surface area (Å²) < 4.78 is 26.7. The van der Waals surface area contributed by atoms with Crippen molar-refractivity contribution in [2.75, 3.05) is 38.5 Å². The monoisotopic (exact) mass is 389 g/mol. The molecule has 0 spiro atoms. The van der Waals surface area contributed by atoms with E-state index in [1.807, 2.05) is 6.08 Å². The van der Waals surface area contributed by atoms with E-state index in [-0.39, 0.29) is 11.5 Å². The first-order valence-electron chi connectivity index (χ1n) is 8.85. The fourth-order valence-corrected chi connectivity index (χ4v) is 2.78. The van der Waals surface area contributed by atoms with Crippen LogP contribution in [0.15, 0.2) is 60.0 Å². The van der Waals surface area contributed by atoms with Gasteiger partial charge in [0, 0.05) is 58.1 Å². The summed E-state index contributed by atoms with van der Waals surface area (Å²) in [5.74, 6) is -2.61. The number of hydrogen-bond acceptors (Lipinski definition) is 5. The van der Waals surface area contributed by atoms with Gasteiger partial charge in [-0.2, -0.15) is 0 Å². The number of nitrogens with one attached hydrogen (secondary N) is 1. The van der Waals surface area contributed by atoms with Gasteiger partial charge in [0.15, 0.2) is 0 Å². The van der Waals surface area contributed by atoms with Crippen LogP contribution in [0.5, 0.6) is 0 Å². The van der Waals surface area contributed by atoms with Gasteiger partial charge in [-0.1, -0.05) is 13.2 Å². The molecule has 0 radical (unpaired) electrons. The number of aliphatic imine (C=N–C) groups is 1. The van der Waals surface area contributed by atoms with Gasteiger partial charge < -0.3 is 15.1 Å². The lowest BCUT2D eigenvalue weighted by molar-refractivity contribution is -0.127. The Labute approximate surface area is 164 Å². The maximum Gasteiger partial charge on any atom is 0.272 e. The Balaban J connectivity index is 2.10. The van der Waals surface area contributed by atoms with E-state index in [0.717, 1.165) is 18.8 Å². The maximum atomic E-state index is 13.3. The van der Waals surface area contributed by atoms with E-state index in [1.165, 1.54) is 18.2 Å². The molecule has 1 aliphatic rings. The number of aromatic nitrogens is 1. The summed E-state index contributed by atoms with van der Waals surface area (Å²) in [5, 5.41) is 3.05. The number of rotatable bonds is 7. The van der Waals surface area contributed by atoms with E-state index in [1.54, 1.807) is 18.2 Å². The molecular formula is C20H25F2N5O. The van der Waals surface area contributed by atoms with E-state index >= 15 is 0 Å². The average molecular weight is 389 g/mol. The van der Waals surface area contributed by atoms with Gasteiger partial charge in [-0.25, -0.2) is 13.8 Å². The molecule has 1 amide bonds. The molecule has 2 rings (SSSR count). The van der Waals surface area contributed by atoms with Crippen LogP contribution in [0.3, 0.4) is 0 Å². The highest BCUT2D eigenvalue weighted by atomic mass is 19.3. The van der Waals surface area contributed by atoms with Crippen LogP contribution in [0, 0.1) is 0 Å². The second-order valence-electron chi connectivity index (χ2n) is 6.40. The number of carbonyl (C=O) groups excluding carboxylic acids is 1. The average Bonchev–Trinajstić information content (AvgIpc) is 2.68. The zero-order chi connectivity index (χ0) is 20.7. The molecule has 28 heavy (non-hydrogen) atoms. The maximum absolute atomic E-state index is 13.3. The predicted octanol–water partition coefficient (Wildman–Crippen LogP) is 3.03. The highest BCUT2D eigenvalue weighted by molar-refractivity contribution is 5.87. The third kappa shape index (κ3) is 5.48. The molecular weight excluding hydrogens is 364 g/mol. The third-order valence-electron chi connectivity index (χ3n) is 4.35. The molecule has 1 aromatic heterocycles. The molecule has 6 nitrogen and oxygen atoms in total. The minimum Gasteiger partial charge on any atom is -0.366 e. The van der Waals surface area contributed by atoms with Crippen molar-refractivity contribution in [1.82, 2.24) is 14.8 Å². The van der Waals surface area contributed by atoms with Gasteiger partial charge >= 0.3 is 0 Å². The zero-order valence-corrected chi connectivity index (χ0v) is 16.2. The molecule has 0 aromatic carbocycles. The molecule has 0 bridgehead atoms. The van der Waals surface area contributed by atoms with Gasteiger partial charge in [0.05, 0.1) is 11.4 Å². The number of nitrogens with zero attached hydrogens (tertiary/aromatic N) is 4. The molecule has 0 aliphatic carbocycles. The Morgan fingerprint density at radius 1 is 1.29 bits per heavy atom. The van der Waals surface area contributed by atoms with Gasteiger partial charge in [-0.3, -0.25) is 9.79 Å². The van der Waals surface area contributed by atoms with Crippen molar-refractivity contribution in [2.24, 2.45) is 4.99 Å². The number of halogens is 2. The number of amides is 1. The quantitative estimate of drug-likeness (QED) is 0.442. The minimum absolute atomic E-state index is 0.0886. The first-order chi connectivity index (χ1) is 13.3. The topological polar surface area (TPSA) is 60.8 Å². The molecule has 0 saturated carbocycles. The zero-order valence-electron chi connectivity index (χ0n) is 16.2. The van der Waals surface area contributed by atoms with Gasteiger partial charge in [-0.05, 0) is 24.3 Å². The minimum atomic E-state index is -2.94. The molecule has 1 fully saturated rings. The fraction of sp³-hybridized carbons (Fsp3) is 0.350. The Hall–Kier alpha value is -3.03. The fourth-order valence-electron chi connectivity index (χ4n) is 2.78. The van der Waals surface area contributed by atoms with Crippen LogP contribution >= 0.6 is 0 Å². The SMILES string of the molecule is C=CC(=O)N1CCN(/C(=C/C=NC)C(=C)Nc2ccc(C(C)(F)F)cn2)CC1. The Morgan fingerprint density at radius 2 is 1.93 bits per heavy atom. The Morgan fingerprint density at radius 3 is 2.43 bits per heavy atom. The summed E-state index contributed by atoms with van der Waals surface area (Å²) >= 11 is 0.